The molecule has 0 aromatic carbocycles. The summed E-state index contributed by atoms with van der Waals surface area (Å²) in [6.45, 7) is 1.97. The minimum atomic E-state index is -0.421. The monoisotopic (exact) mass is 367 g/mol. The number of halogens is 1. The van der Waals surface area contributed by atoms with Gasteiger partial charge in [0, 0.05) is 5.38 Å². The lowest BCUT2D eigenvalue weighted by molar-refractivity contribution is 0.0945. The van der Waals surface area contributed by atoms with E-state index in [0.29, 0.717) is 12.0 Å². The number of hydrogen-bond donors (Lipinski definition) is 3. The van der Waals surface area contributed by atoms with Crippen LogP contribution >= 0.6 is 33.9 Å². The molecule has 1 aromatic rings. The van der Waals surface area contributed by atoms with Crippen molar-refractivity contribution in [1.82, 2.24) is 5.32 Å². The van der Waals surface area contributed by atoms with Crippen LogP contribution in [0.15, 0.2) is 16.6 Å². The first kappa shape index (κ1) is 14.2. The summed E-state index contributed by atoms with van der Waals surface area (Å²) in [7, 11) is 0. The summed E-state index contributed by atoms with van der Waals surface area (Å²) in [4.78, 5) is 11.9. The molecule has 1 atom stereocenters. The number of nitrogens with one attached hydrogen (secondary N) is 1. The van der Waals surface area contributed by atoms with Crippen LogP contribution in [0.5, 0.6) is 0 Å². The van der Waals surface area contributed by atoms with E-state index in [1.165, 1.54) is 11.3 Å². The number of amidine groups is 1. The molecule has 1 amide bonds. The van der Waals surface area contributed by atoms with Gasteiger partial charge in [0.1, 0.15) is 0 Å². The average molecular weight is 367 g/mol. The van der Waals surface area contributed by atoms with E-state index >= 15 is 0 Å². The van der Waals surface area contributed by atoms with Gasteiger partial charge >= 0.3 is 0 Å². The Balaban J connectivity index is 2.70. The highest BCUT2D eigenvalue weighted by Gasteiger charge is 2.17. The van der Waals surface area contributed by atoms with Crippen molar-refractivity contribution >= 4 is 45.7 Å². The van der Waals surface area contributed by atoms with E-state index in [1.807, 2.05) is 6.92 Å². The molecule has 0 bridgehead atoms. The normalized spacial score (nSPS) is 13.4. The zero-order valence-corrected chi connectivity index (χ0v) is 12.3. The number of nitrogens with zero attached hydrogens (tertiary/aromatic N) is 1. The molecule has 17 heavy (non-hydrogen) atoms. The first-order chi connectivity index (χ1) is 8.08. The molecule has 1 heterocycles. The van der Waals surface area contributed by atoms with Crippen LogP contribution in [-0.4, -0.2) is 23.0 Å². The first-order valence-electron chi connectivity index (χ1n) is 5.10. The molecule has 1 rings (SSSR count). The van der Waals surface area contributed by atoms with E-state index in [1.54, 1.807) is 11.4 Å². The molecule has 5 nitrogen and oxygen atoms in total. The number of carbonyl (C=O) groups is 1. The van der Waals surface area contributed by atoms with Gasteiger partial charge in [-0.3, -0.25) is 4.79 Å². The Morgan fingerprint density at radius 1 is 1.76 bits per heavy atom. The Bertz CT molecular complexity index is 419. The molecule has 0 saturated heterocycles. The van der Waals surface area contributed by atoms with Gasteiger partial charge in [0.15, 0.2) is 5.84 Å². The van der Waals surface area contributed by atoms with E-state index in [9.17, 15) is 4.79 Å². The van der Waals surface area contributed by atoms with Gasteiger partial charge in [0.05, 0.1) is 14.5 Å². The third kappa shape index (κ3) is 4.15. The van der Waals surface area contributed by atoms with E-state index in [4.69, 9.17) is 10.9 Å². The van der Waals surface area contributed by atoms with Crippen LogP contribution in [0.25, 0.3) is 0 Å². The van der Waals surface area contributed by atoms with Gasteiger partial charge in [0.2, 0.25) is 0 Å². The van der Waals surface area contributed by atoms with Gasteiger partial charge in [-0.1, -0.05) is 18.5 Å². The maximum atomic E-state index is 11.9. The summed E-state index contributed by atoms with van der Waals surface area (Å²) in [6, 6.07) is 1.38. The van der Waals surface area contributed by atoms with Gasteiger partial charge in [-0.25, -0.2) is 0 Å². The molecule has 7 heteroatoms. The Hall–Kier alpha value is -0.830. The topological polar surface area (TPSA) is 87.7 Å². The fourth-order valence-electron chi connectivity index (χ4n) is 1.32. The lowest BCUT2D eigenvalue weighted by atomic mass is 10.1. The zero-order valence-electron chi connectivity index (χ0n) is 9.31. The van der Waals surface area contributed by atoms with Gasteiger partial charge in [-0.2, -0.15) is 0 Å². The fourth-order valence-corrected chi connectivity index (χ4v) is 2.65. The Labute approximate surface area is 117 Å². The van der Waals surface area contributed by atoms with Crippen molar-refractivity contribution < 1.29 is 10.0 Å². The van der Waals surface area contributed by atoms with Crippen LogP contribution in [0.1, 0.15) is 30.1 Å². The van der Waals surface area contributed by atoms with Crippen molar-refractivity contribution in [3.63, 3.8) is 0 Å². The summed E-state index contributed by atoms with van der Waals surface area (Å²) < 4.78 is 1.04. The number of amides is 1. The number of rotatable bonds is 5. The third-order valence-corrected chi connectivity index (χ3v) is 3.97. The second kappa shape index (κ2) is 6.80. The molecule has 1 unspecified atom stereocenters. The summed E-state index contributed by atoms with van der Waals surface area (Å²) in [6.07, 6.45) is 1.48. The largest absolute Gasteiger partial charge is 0.409 e. The number of nitrogens with two attached hydrogens (primary N) is 1. The van der Waals surface area contributed by atoms with Crippen molar-refractivity contribution in [1.29, 1.82) is 0 Å². The minimum absolute atomic E-state index is 0.0325. The van der Waals surface area contributed by atoms with Crippen LogP contribution in [0.2, 0.25) is 0 Å². The second-order valence-electron chi connectivity index (χ2n) is 3.48. The number of hydrogen-bond acceptors (Lipinski definition) is 4. The lowest BCUT2D eigenvalue weighted by Crippen LogP contribution is -2.44. The lowest BCUT2D eigenvalue weighted by Gasteiger charge is -2.15. The Morgan fingerprint density at radius 3 is 2.94 bits per heavy atom. The molecule has 0 aliphatic heterocycles. The molecule has 0 fully saturated rings. The van der Waals surface area contributed by atoms with Gasteiger partial charge in [-0.05, 0) is 35.1 Å². The molecule has 94 valence electrons. The van der Waals surface area contributed by atoms with E-state index in [2.05, 4.69) is 33.1 Å². The maximum absolute atomic E-state index is 11.9. The Morgan fingerprint density at radius 2 is 2.47 bits per heavy atom. The molecule has 1 aromatic heterocycles. The van der Waals surface area contributed by atoms with Crippen molar-refractivity contribution in [2.75, 3.05) is 0 Å². The van der Waals surface area contributed by atoms with E-state index in [-0.39, 0.29) is 11.7 Å². The third-order valence-electron chi connectivity index (χ3n) is 2.18. The first-order valence-corrected chi connectivity index (χ1v) is 7.06. The van der Waals surface area contributed by atoms with Crippen molar-refractivity contribution in [3.8, 4) is 0 Å². The van der Waals surface area contributed by atoms with Crippen LogP contribution in [-0.2, 0) is 0 Å². The van der Waals surface area contributed by atoms with Crippen molar-refractivity contribution in [2.24, 2.45) is 10.9 Å². The molecule has 0 aliphatic carbocycles. The van der Waals surface area contributed by atoms with Crippen LogP contribution < -0.4 is 11.1 Å². The molecule has 0 radical (unpaired) electrons. The number of oxime groups is 1. The standard InChI is InChI=1S/C10H14IN3O2S/c1-2-3-7(9(12)14-16)13-10(15)6-4-8(11)17-5-6/h4-5,7,16H,2-3H2,1H3,(H2,12,14)(H,13,15). The number of thiophene rings is 1. The van der Waals surface area contributed by atoms with Crippen molar-refractivity contribution in [2.45, 2.75) is 25.8 Å². The Kier molecular flexibility index (Phi) is 5.69. The second-order valence-corrected chi connectivity index (χ2v) is 6.28. The molecular weight excluding hydrogens is 353 g/mol. The van der Waals surface area contributed by atoms with Crippen LogP contribution in [0, 0.1) is 2.88 Å². The van der Waals surface area contributed by atoms with Gasteiger partial charge in [0.25, 0.3) is 5.91 Å². The highest BCUT2D eigenvalue weighted by Crippen LogP contribution is 2.16. The smallest absolute Gasteiger partial charge is 0.252 e. The molecule has 0 spiro atoms. The van der Waals surface area contributed by atoms with Crippen molar-refractivity contribution in [3.05, 3.63) is 19.9 Å². The van der Waals surface area contributed by atoms with Crippen LogP contribution in [0.3, 0.4) is 0 Å². The predicted molar refractivity (Wildman–Crippen MR) is 76.6 cm³/mol. The fraction of sp³-hybridized carbons (Fsp3) is 0.400. The molecule has 0 saturated carbocycles. The predicted octanol–water partition coefficient (Wildman–Crippen LogP) is 2.00. The minimum Gasteiger partial charge on any atom is -0.409 e. The molecular formula is C10H14IN3O2S. The number of carbonyl (C=O) groups excluding carboxylic acids is 1. The molecule has 4 N–H and O–H groups in total. The average Bonchev–Trinajstić information content (AvgIpc) is 2.74. The molecule has 0 aliphatic rings. The summed E-state index contributed by atoms with van der Waals surface area (Å²) >= 11 is 3.66. The maximum Gasteiger partial charge on any atom is 0.252 e. The summed E-state index contributed by atoms with van der Waals surface area (Å²) in [5.41, 5.74) is 6.12. The summed E-state index contributed by atoms with van der Waals surface area (Å²) in [5, 5.41) is 16.1. The zero-order chi connectivity index (χ0) is 12.8. The summed E-state index contributed by atoms with van der Waals surface area (Å²) in [5.74, 6) is -0.167. The van der Waals surface area contributed by atoms with E-state index in [0.717, 1.165) is 9.30 Å². The highest BCUT2D eigenvalue weighted by atomic mass is 127. The highest BCUT2D eigenvalue weighted by molar-refractivity contribution is 14.1. The van der Waals surface area contributed by atoms with E-state index < -0.39 is 6.04 Å². The van der Waals surface area contributed by atoms with Gasteiger partial charge < -0.3 is 16.3 Å². The van der Waals surface area contributed by atoms with Gasteiger partial charge in [-0.15, -0.1) is 11.3 Å². The quantitative estimate of drug-likeness (QED) is 0.245. The van der Waals surface area contributed by atoms with Crippen LogP contribution in [0.4, 0.5) is 0 Å². The SMILES string of the molecule is CCCC(NC(=O)c1csc(I)c1)C(N)=NO.